The molecule has 7 nitrogen and oxygen atoms in total. The molecule has 0 saturated carbocycles. The molecule has 1 N–H and O–H groups in total. The molecule has 2 heterocycles. The highest BCUT2D eigenvalue weighted by molar-refractivity contribution is 6.46. The van der Waals surface area contributed by atoms with E-state index >= 15 is 0 Å². The van der Waals surface area contributed by atoms with E-state index in [9.17, 15) is 14.7 Å². The molecule has 1 aliphatic rings. The molecule has 1 fully saturated rings. The zero-order valence-electron chi connectivity index (χ0n) is 19.1. The summed E-state index contributed by atoms with van der Waals surface area (Å²) in [5.41, 5.74) is 1.29. The number of aliphatic hydroxyl groups is 1. The highest BCUT2D eigenvalue weighted by Gasteiger charge is 2.45. The van der Waals surface area contributed by atoms with Crippen molar-refractivity contribution in [3.63, 3.8) is 0 Å². The van der Waals surface area contributed by atoms with Crippen molar-refractivity contribution in [2.75, 3.05) is 26.2 Å². The van der Waals surface area contributed by atoms with Crippen molar-refractivity contribution in [1.82, 2.24) is 14.8 Å². The van der Waals surface area contributed by atoms with Gasteiger partial charge in [-0.05, 0) is 68.9 Å². The van der Waals surface area contributed by atoms with Crippen molar-refractivity contribution in [1.29, 1.82) is 0 Å². The van der Waals surface area contributed by atoms with Gasteiger partial charge in [0, 0.05) is 31.0 Å². The molecule has 0 spiro atoms. The van der Waals surface area contributed by atoms with Gasteiger partial charge in [-0.1, -0.05) is 13.8 Å². The van der Waals surface area contributed by atoms with Gasteiger partial charge in [-0.2, -0.15) is 0 Å². The molecule has 1 aromatic carbocycles. The minimum Gasteiger partial charge on any atom is -0.507 e. The third-order valence-electron chi connectivity index (χ3n) is 5.61. The van der Waals surface area contributed by atoms with E-state index in [-0.39, 0.29) is 17.4 Å². The summed E-state index contributed by atoms with van der Waals surface area (Å²) in [6.07, 6.45) is 3.27. The maximum absolute atomic E-state index is 13.0. The summed E-state index contributed by atoms with van der Waals surface area (Å²) in [6, 6.07) is 9.75. The summed E-state index contributed by atoms with van der Waals surface area (Å²) in [7, 11) is 0. The molecule has 170 valence electrons. The van der Waals surface area contributed by atoms with Crippen LogP contribution in [0.3, 0.4) is 0 Å². The van der Waals surface area contributed by atoms with Gasteiger partial charge in [-0.3, -0.25) is 14.6 Å². The van der Waals surface area contributed by atoms with E-state index < -0.39 is 17.7 Å². The van der Waals surface area contributed by atoms with Crippen LogP contribution in [0.15, 0.2) is 54.4 Å². The number of rotatable bonds is 9. The average molecular weight is 438 g/mol. The first kappa shape index (κ1) is 23.5. The second-order valence-corrected chi connectivity index (χ2v) is 7.99. The Hall–Kier alpha value is -3.19. The van der Waals surface area contributed by atoms with E-state index in [0.717, 1.165) is 18.7 Å². The Bertz CT molecular complexity index is 966. The fourth-order valence-electron chi connectivity index (χ4n) is 3.91. The zero-order chi connectivity index (χ0) is 23.3. The first-order valence-electron chi connectivity index (χ1n) is 11.0. The zero-order valence-corrected chi connectivity index (χ0v) is 19.1. The SMILES string of the molecule is CCN(CC)CCN1C(=O)C(=O)C(=C(O)c2ccc(OC(C)C)cc2)[C@H]1c1ccncc1. The Kier molecular flexibility index (Phi) is 7.64. The van der Waals surface area contributed by atoms with Gasteiger partial charge in [0.2, 0.25) is 0 Å². The van der Waals surface area contributed by atoms with Crippen molar-refractivity contribution in [2.24, 2.45) is 0 Å². The maximum Gasteiger partial charge on any atom is 0.295 e. The van der Waals surface area contributed by atoms with Gasteiger partial charge in [-0.25, -0.2) is 0 Å². The number of Topliss-reactive ketones (excluding diaryl/α,β-unsaturated/α-hetero) is 1. The minimum atomic E-state index is -0.675. The second-order valence-electron chi connectivity index (χ2n) is 7.99. The Morgan fingerprint density at radius 3 is 2.28 bits per heavy atom. The van der Waals surface area contributed by atoms with Crippen LogP contribution in [0.4, 0.5) is 0 Å². The number of hydrogen-bond donors (Lipinski definition) is 1. The number of benzene rings is 1. The number of hydrogen-bond acceptors (Lipinski definition) is 6. The van der Waals surface area contributed by atoms with E-state index in [0.29, 0.717) is 24.4 Å². The smallest absolute Gasteiger partial charge is 0.295 e. The van der Waals surface area contributed by atoms with E-state index in [1.807, 2.05) is 13.8 Å². The normalized spacial score (nSPS) is 18.1. The molecule has 7 heteroatoms. The number of amides is 1. The van der Waals surface area contributed by atoms with Crippen LogP contribution in [-0.2, 0) is 9.59 Å². The molecule has 3 rings (SSSR count). The van der Waals surface area contributed by atoms with Crippen molar-refractivity contribution < 1.29 is 19.4 Å². The molecule has 1 atom stereocenters. The summed E-state index contributed by atoms with van der Waals surface area (Å²) in [4.78, 5) is 33.8. The molecule has 1 amide bonds. The second kappa shape index (κ2) is 10.4. The highest BCUT2D eigenvalue weighted by Crippen LogP contribution is 2.39. The molecular formula is C25H31N3O4. The summed E-state index contributed by atoms with van der Waals surface area (Å²) in [6.45, 7) is 10.7. The molecule has 32 heavy (non-hydrogen) atoms. The van der Waals surface area contributed by atoms with E-state index in [1.165, 1.54) is 0 Å². The van der Waals surface area contributed by atoms with Gasteiger partial charge >= 0.3 is 0 Å². The molecule has 1 aliphatic heterocycles. The lowest BCUT2D eigenvalue weighted by Gasteiger charge is -2.28. The van der Waals surface area contributed by atoms with Crippen molar-refractivity contribution >= 4 is 17.4 Å². The molecule has 0 bridgehead atoms. The maximum atomic E-state index is 13.0. The number of aliphatic hydroxyl groups excluding tert-OH is 1. The van der Waals surface area contributed by atoms with Crippen LogP contribution in [0.2, 0.25) is 0 Å². The number of ether oxygens (including phenoxy) is 1. The molecular weight excluding hydrogens is 406 g/mol. The Morgan fingerprint density at radius 1 is 1.09 bits per heavy atom. The first-order valence-corrected chi connectivity index (χ1v) is 11.0. The molecule has 1 saturated heterocycles. The van der Waals surface area contributed by atoms with Gasteiger partial charge in [0.25, 0.3) is 11.7 Å². The lowest BCUT2D eigenvalue weighted by atomic mass is 9.96. The van der Waals surface area contributed by atoms with Crippen molar-refractivity contribution in [3.8, 4) is 5.75 Å². The fraction of sp³-hybridized carbons (Fsp3) is 0.400. The van der Waals surface area contributed by atoms with E-state index in [2.05, 4.69) is 23.7 Å². The molecule has 0 radical (unpaired) electrons. The van der Waals surface area contributed by atoms with Crippen LogP contribution in [0, 0.1) is 0 Å². The van der Waals surface area contributed by atoms with E-state index in [4.69, 9.17) is 4.74 Å². The topological polar surface area (TPSA) is 83.0 Å². The third-order valence-corrected chi connectivity index (χ3v) is 5.61. The monoisotopic (exact) mass is 437 g/mol. The summed E-state index contributed by atoms with van der Waals surface area (Å²) in [5, 5.41) is 11.1. The number of ketones is 1. The van der Waals surface area contributed by atoms with Crippen LogP contribution in [-0.4, -0.2) is 63.9 Å². The highest BCUT2D eigenvalue weighted by atomic mass is 16.5. The molecule has 2 aromatic rings. The molecule has 0 unspecified atom stereocenters. The standard InChI is InChI=1S/C25H31N3O4/c1-5-27(6-2)15-16-28-22(18-11-13-26-14-12-18)21(24(30)25(28)31)23(29)19-7-9-20(10-8-19)32-17(3)4/h7-14,17,22,29H,5-6,15-16H2,1-4H3/t22-/m1/s1. The van der Waals surface area contributed by atoms with Crippen LogP contribution >= 0.6 is 0 Å². The van der Waals surface area contributed by atoms with Gasteiger partial charge in [0.05, 0.1) is 17.7 Å². The number of likely N-dealkylation sites (N-methyl/N-ethyl adjacent to an activating group) is 1. The van der Waals surface area contributed by atoms with Crippen LogP contribution in [0.25, 0.3) is 5.76 Å². The number of carbonyl (C=O) groups is 2. The van der Waals surface area contributed by atoms with Crippen LogP contribution in [0.1, 0.15) is 44.9 Å². The Labute approximate surface area is 189 Å². The minimum absolute atomic E-state index is 0.0252. The number of likely N-dealkylation sites (tertiary alicyclic amines) is 1. The fourth-order valence-corrected chi connectivity index (χ4v) is 3.91. The van der Waals surface area contributed by atoms with Crippen LogP contribution < -0.4 is 4.74 Å². The van der Waals surface area contributed by atoms with Gasteiger partial charge in [0.1, 0.15) is 11.5 Å². The largest absolute Gasteiger partial charge is 0.507 e. The third kappa shape index (κ3) is 4.99. The first-order chi connectivity index (χ1) is 15.4. The predicted octanol–water partition coefficient (Wildman–Crippen LogP) is 3.63. The summed E-state index contributed by atoms with van der Waals surface area (Å²) >= 11 is 0. The Morgan fingerprint density at radius 2 is 1.72 bits per heavy atom. The average Bonchev–Trinajstić information content (AvgIpc) is 3.05. The summed E-state index contributed by atoms with van der Waals surface area (Å²) < 4.78 is 5.66. The molecule has 0 aliphatic carbocycles. The predicted molar refractivity (Wildman–Crippen MR) is 123 cm³/mol. The van der Waals surface area contributed by atoms with E-state index in [1.54, 1.807) is 53.7 Å². The van der Waals surface area contributed by atoms with Gasteiger partial charge in [0.15, 0.2) is 0 Å². The number of aromatic nitrogens is 1. The lowest BCUT2D eigenvalue weighted by Crippen LogP contribution is -2.38. The summed E-state index contributed by atoms with van der Waals surface area (Å²) in [5.74, 6) is -0.792. The number of nitrogens with zero attached hydrogens (tertiary/aromatic N) is 3. The van der Waals surface area contributed by atoms with Crippen molar-refractivity contribution in [3.05, 3.63) is 65.5 Å². The Balaban J connectivity index is 2.02. The lowest BCUT2D eigenvalue weighted by molar-refractivity contribution is -0.140. The van der Waals surface area contributed by atoms with Gasteiger partial charge < -0.3 is 19.6 Å². The number of carbonyl (C=O) groups excluding carboxylic acids is 2. The van der Waals surface area contributed by atoms with Gasteiger partial charge in [-0.15, -0.1) is 0 Å². The molecule has 1 aromatic heterocycles. The quantitative estimate of drug-likeness (QED) is 0.366. The number of pyridine rings is 1. The van der Waals surface area contributed by atoms with Crippen molar-refractivity contribution in [2.45, 2.75) is 39.8 Å². The van der Waals surface area contributed by atoms with Crippen LogP contribution in [0.5, 0.6) is 5.75 Å².